The highest BCUT2D eigenvalue weighted by atomic mass is 14.4. The van der Waals surface area contributed by atoms with E-state index in [9.17, 15) is 0 Å². The Morgan fingerprint density at radius 3 is 1.07 bits per heavy atom. The molecule has 0 fully saturated rings. The van der Waals surface area contributed by atoms with Crippen LogP contribution in [-0.2, 0) is 10.8 Å². The third kappa shape index (κ3) is 6.82. The predicted molar refractivity (Wildman–Crippen MR) is 291 cm³/mol. The average molecular weight is 871 g/mol. The normalized spacial score (nSPS) is 14.2. The van der Waals surface area contributed by atoms with Crippen LogP contribution >= 0.6 is 0 Å². The van der Waals surface area contributed by atoms with Crippen molar-refractivity contribution in [1.82, 2.24) is 0 Å². The largest absolute Gasteiger partial charge is 0.0985 e. The molecule has 0 spiro atoms. The summed E-state index contributed by atoms with van der Waals surface area (Å²) in [6, 6.07) is 84.4. The molecule has 13 rings (SSSR count). The summed E-state index contributed by atoms with van der Waals surface area (Å²) < 4.78 is 0. The van der Waals surface area contributed by atoms with Gasteiger partial charge < -0.3 is 0 Å². The van der Waals surface area contributed by atoms with Crippen LogP contribution in [0, 0.1) is 0 Å². The minimum absolute atomic E-state index is 0.159. The highest BCUT2D eigenvalue weighted by Crippen LogP contribution is 2.54. The van der Waals surface area contributed by atoms with Gasteiger partial charge >= 0.3 is 0 Å². The van der Waals surface area contributed by atoms with Gasteiger partial charge in [-0.15, -0.1) is 0 Å². The second-order valence-corrected chi connectivity index (χ2v) is 18.3. The standard InChI is InChI=1S/C40H30.C26H18.C2H6/c1-39(35-15-7-3-11-31(35)32-12-4-8-16-36(32)39)29-23-19-27(20-24-29)28-21-25-30(26-22-28)40(2)37-17-9-5-13-33(37)34-14-6-10-18-38(34)40;1-2-18-11-13-19(14-12-18)15-24-22-9-5-6-10-23(22)25-16-20-7-3-4-8-21(20)17-26(24)25;1-2/h3-26H,1-2H3;2-17H,1H2;1-2H3/b;24-15-;. The topological polar surface area (TPSA) is 0 Å². The summed E-state index contributed by atoms with van der Waals surface area (Å²) in [4.78, 5) is 0. The first-order valence-electron chi connectivity index (χ1n) is 24.1. The van der Waals surface area contributed by atoms with Gasteiger partial charge in [0.2, 0.25) is 0 Å². The van der Waals surface area contributed by atoms with Crippen LogP contribution in [0.1, 0.15) is 83.3 Å². The number of rotatable bonds is 5. The molecule has 0 nitrogen and oxygen atoms in total. The zero-order chi connectivity index (χ0) is 46.4. The van der Waals surface area contributed by atoms with E-state index < -0.39 is 0 Å². The first-order chi connectivity index (χ1) is 33.4. The molecule has 0 atom stereocenters. The van der Waals surface area contributed by atoms with Gasteiger partial charge in [-0.1, -0.05) is 245 Å². The van der Waals surface area contributed by atoms with Gasteiger partial charge in [-0.25, -0.2) is 0 Å². The second-order valence-electron chi connectivity index (χ2n) is 18.3. The van der Waals surface area contributed by atoms with Crippen molar-refractivity contribution in [2.24, 2.45) is 0 Å². The lowest BCUT2D eigenvalue weighted by Crippen LogP contribution is -2.22. The Hall–Kier alpha value is -8.06. The summed E-state index contributed by atoms with van der Waals surface area (Å²) in [5.41, 5.74) is 24.7. The zero-order valence-electron chi connectivity index (χ0n) is 39.3. The van der Waals surface area contributed by atoms with Crippen molar-refractivity contribution >= 4 is 28.5 Å². The molecule has 0 saturated heterocycles. The van der Waals surface area contributed by atoms with Gasteiger partial charge in [0, 0.05) is 10.8 Å². The summed E-state index contributed by atoms with van der Waals surface area (Å²) in [5, 5.41) is 2.57. The molecule has 68 heavy (non-hydrogen) atoms. The molecule has 0 saturated carbocycles. The van der Waals surface area contributed by atoms with Crippen LogP contribution in [0.3, 0.4) is 0 Å². The molecule has 0 heterocycles. The van der Waals surface area contributed by atoms with E-state index in [2.05, 4.69) is 257 Å². The molecule has 0 unspecified atom stereocenters. The van der Waals surface area contributed by atoms with Gasteiger partial charge in [0.05, 0.1) is 0 Å². The maximum atomic E-state index is 3.84. The molecule has 0 heteroatoms. The Morgan fingerprint density at radius 1 is 0.324 bits per heavy atom. The summed E-state index contributed by atoms with van der Waals surface area (Å²) in [6.07, 6.45) is 4.18. The minimum Gasteiger partial charge on any atom is -0.0985 e. The van der Waals surface area contributed by atoms with Gasteiger partial charge in [0.1, 0.15) is 0 Å². The van der Waals surface area contributed by atoms with E-state index in [0.717, 1.165) is 5.56 Å². The van der Waals surface area contributed by atoms with Crippen LogP contribution in [0.4, 0.5) is 0 Å². The van der Waals surface area contributed by atoms with E-state index in [1.165, 1.54) is 111 Å². The van der Waals surface area contributed by atoms with Gasteiger partial charge in [0.25, 0.3) is 0 Å². The SMILES string of the molecule is C=Cc1ccc(/C=C2/c3ccccc3-c3cc4ccccc4cc32)cc1.CC.CC1(c2ccc(-c3ccc(C4(C)c5ccccc5-c5ccccc54)cc3)cc2)c2ccccc2-c2ccccc21. The molecule has 0 amide bonds. The Kier molecular flexibility index (Phi) is 10.8. The minimum atomic E-state index is -0.159. The summed E-state index contributed by atoms with van der Waals surface area (Å²) >= 11 is 0. The van der Waals surface area contributed by atoms with Crippen molar-refractivity contribution in [3.63, 3.8) is 0 Å². The van der Waals surface area contributed by atoms with Crippen molar-refractivity contribution in [2.45, 2.75) is 38.5 Å². The molecule has 3 aliphatic carbocycles. The van der Waals surface area contributed by atoms with E-state index in [1.807, 2.05) is 19.9 Å². The van der Waals surface area contributed by atoms with Crippen LogP contribution in [0.2, 0.25) is 0 Å². The molecule has 0 N–H and O–H groups in total. The van der Waals surface area contributed by atoms with E-state index >= 15 is 0 Å². The molecule has 0 aliphatic heterocycles. The number of hydrogen-bond acceptors (Lipinski definition) is 0. The highest BCUT2D eigenvalue weighted by Gasteiger charge is 2.41. The predicted octanol–water partition coefficient (Wildman–Crippen LogP) is 18.1. The first-order valence-corrected chi connectivity index (χ1v) is 24.1. The van der Waals surface area contributed by atoms with Gasteiger partial charge in [-0.05, 0) is 149 Å². The maximum absolute atomic E-state index is 3.84. The van der Waals surface area contributed by atoms with Crippen LogP contribution in [0.15, 0.2) is 237 Å². The second kappa shape index (κ2) is 17.3. The van der Waals surface area contributed by atoms with Crippen LogP contribution < -0.4 is 0 Å². The summed E-state index contributed by atoms with van der Waals surface area (Å²) in [5.74, 6) is 0. The fourth-order valence-corrected chi connectivity index (χ4v) is 11.4. The average Bonchev–Trinajstić information content (AvgIpc) is 3.97. The Labute approximate surface area is 402 Å². The Morgan fingerprint density at radius 2 is 0.662 bits per heavy atom. The van der Waals surface area contributed by atoms with Gasteiger partial charge in [-0.3, -0.25) is 0 Å². The zero-order valence-corrected chi connectivity index (χ0v) is 39.3. The van der Waals surface area contributed by atoms with Crippen molar-refractivity contribution in [2.75, 3.05) is 0 Å². The van der Waals surface area contributed by atoms with Crippen molar-refractivity contribution in [3.05, 3.63) is 293 Å². The van der Waals surface area contributed by atoms with Crippen molar-refractivity contribution in [1.29, 1.82) is 0 Å². The summed E-state index contributed by atoms with van der Waals surface area (Å²) in [7, 11) is 0. The molecule has 0 radical (unpaired) electrons. The summed E-state index contributed by atoms with van der Waals surface area (Å²) in [6.45, 7) is 12.6. The molecular formula is C68H54. The Balaban J connectivity index is 0.000000157. The Bertz CT molecular complexity index is 3310. The van der Waals surface area contributed by atoms with E-state index in [1.54, 1.807) is 0 Å². The van der Waals surface area contributed by atoms with Crippen LogP contribution in [-0.4, -0.2) is 0 Å². The smallest absolute Gasteiger partial charge is 0.0435 e. The van der Waals surface area contributed by atoms with Crippen LogP contribution in [0.5, 0.6) is 0 Å². The number of benzene rings is 10. The monoisotopic (exact) mass is 870 g/mol. The fourth-order valence-electron chi connectivity index (χ4n) is 11.4. The van der Waals surface area contributed by atoms with Crippen LogP contribution in [0.25, 0.3) is 73.0 Å². The molecule has 0 bridgehead atoms. The molecule has 326 valence electrons. The first kappa shape index (κ1) is 42.6. The van der Waals surface area contributed by atoms with Crippen molar-refractivity contribution in [3.8, 4) is 44.5 Å². The quantitative estimate of drug-likeness (QED) is 0.162. The third-order valence-corrected chi connectivity index (χ3v) is 14.9. The van der Waals surface area contributed by atoms with E-state index in [4.69, 9.17) is 0 Å². The molecule has 3 aliphatic rings. The lowest BCUT2D eigenvalue weighted by Gasteiger charge is -2.29. The molecular weight excluding hydrogens is 817 g/mol. The number of fused-ring (bicyclic) bond motifs is 10. The van der Waals surface area contributed by atoms with E-state index in [-0.39, 0.29) is 10.8 Å². The van der Waals surface area contributed by atoms with Gasteiger partial charge in [-0.2, -0.15) is 0 Å². The molecule has 10 aromatic carbocycles. The highest BCUT2D eigenvalue weighted by molar-refractivity contribution is 6.09. The van der Waals surface area contributed by atoms with E-state index in [0.29, 0.717) is 0 Å². The lowest BCUT2D eigenvalue weighted by atomic mass is 9.73. The third-order valence-electron chi connectivity index (χ3n) is 14.9. The molecule has 0 aromatic heterocycles. The maximum Gasteiger partial charge on any atom is 0.0435 e. The molecule has 10 aromatic rings. The number of hydrogen-bond donors (Lipinski definition) is 0. The van der Waals surface area contributed by atoms with Crippen molar-refractivity contribution < 1.29 is 0 Å². The fraction of sp³-hybridized carbons (Fsp3) is 0.0882. The lowest BCUT2D eigenvalue weighted by molar-refractivity contribution is 0.713. The van der Waals surface area contributed by atoms with Gasteiger partial charge in [0.15, 0.2) is 0 Å².